The van der Waals surface area contributed by atoms with Crippen LogP contribution in [0.4, 0.5) is 0 Å². The first kappa shape index (κ1) is 11.0. The fourth-order valence-corrected chi connectivity index (χ4v) is 1.83. The lowest BCUT2D eigenvalue weighted by Gasteiger charge is -1.95. The Bertz CT molecular complexity index is 129. The van der Waals surface area contributed by atoms with E-state index in [0.717, 1.165) is 17.9 Å². The van der Waals surface area contributed by atoms with Crippen molar-refractivity contribution in [2.75, 3.05) is 11.5 Å². The van der Waals surface area contributed by atoms with E-state index in [0.29, 0.717) is 0 Å². The Hall–Kier alpha value is 0.0400. The minimum absolute atomic E-state index is 0.151. The van der Waals surface area contributed by atoms with Crippen molar-refractivity contribution in [1.29, 1.82) is 0 Å². The number of carbonyl (C=O) groups is 2. The second-order valence-electron chi connectivity index (χ2n) is 2.03. The summed E-state index contributed by atoms with van der Waals surface area (Å²) in [5.74, 6) is 1.66. The van der Waals surface area contributed by atoms with Crippen LogP contribution in [0.15, 0.2) is 0 Å². The first-order valence-electron chi connectivity index (χ1n) is 3.39. The van der Waals surface area contributed by atoms with Gasteiger partial charge in [0, 0.05) is 25.4 Å². The molecule has 2 nitrogen and oxygen atoms in total. The van der Waals surface area contributed by atoms with Crippen molar-refractivity contribution in [3.05, 3.63) is 0 Å². The molecule has 0 radical (unpaired) electrons. The van der Waals surface area contributed by atoms with Crippen LogP contribution in [-0.4, -0.2) is 21.7 Å². The largest absolute Gasteiger partial charge is 0.288 e. The summed E-state index contributed by atoms with van der Waals surface area (Å²) in [4.78, 5) is 20.9. The lowest BCUT2D eigenvalue weighted by atomic mass is 10.6. The monoisotopic (exact) mass is 192 g/mol. The predicted molar refractivity (Wildman–Crippen MR) is 50.9 cm³/mol. The SMILES string of the molecule is CC(=O)SCCCSC(C)=O. The molecule has 0 rings (SSSR count). The molecule has 11 heavy (non-hydrogen) atoms. The molecule has 0 aromatic rings. The molecular formula is C7H12O2S2. The Kier molecular flexibility index (Phi) is 6.76. The van der Waals surface area contributed by atoms with E-state index in [-0.39, 0.29) is 10.2 Å². The highest BCUT2D eigenvalue weighted by molar-refractivity contribution is 8.14. The second kappa shape index (κ2) is 6.73. The molecule has 0 spiro atoms. The number of hydrogen-bond acceptors (Lipinski definition) is 4. The van der Waals surface area contributed by atoms with Gasteiger partial charge >= 0.3 is 0 Å². The maximum atomic E-state index is 10.4. The van der Waals surface area contributed by atoms with Crippen LogP contribution in [0.2, 0.25) is 0 Å². The highest BCUT2D eigenvalue weighted by atomic mass is 32.2. The molecule has 0 N–H and O–H groups in total. The van der Waals surface area contributed by atoms with Crippen LogP contribution < -0.4 is 0 Å². The molecule has 0 aromatic heterocycles. The minimum atomic E-state index is 0.151. The molecule has 64 valence electrons. The summed E-state index contributed by atoms with van der Waals surface area (Å²) in [5, 5.41) is 0.302. The van der Waals surface area contributed by atoms with Gasteiger partial charge in [0.2, 0.25) is 0 Å². The van der Waals surface area contributed by atoms with Gasteiger partial charge in [0.1, 0.15) is 0 Å². The number of rotatable bonds is 4. The maximum absolute atomic E-state index is 10.4. The molecule has 0 atom stereocenters. The molecule has 0 saturated heterocycles. The van der Waals surface area contributed by atoms with Gasteiger partial charge in [-0.3, -0.25) is 9.59 Å². The highest BCUT2D eigenvalue weighted by Crippen LogP contribution is 2.08. The average molecular weight is 192 g/mol. The number of hydrogen-bond donors (Lipinski definition) is 0. The van der Waals surface area contributed by atoms with E-state index < -0.39 is 0 Å². The maximum Gasteiger partial charge on any atom is 0.185 e. The van der Waals surface area contributed by atoms with Gasteiger partial charge in [0.05, 0.1) is 0 Å². The Balaban J connectivity index is 3.03. The van der Waals surface area contributed by atoms with E-state index in [1.807, 2.05) is 0 Å². The third-order valence-corrected chi connectivity index (χ3v) is 2.70. The van der Waals surface area contributed by atoms with Gasteiger partial charge < -0.3 is 0 Å². The van der Waals surface area contributed by atoms with Crippen LogP contribution in [0.5, 0.6) is 0 Å². The Morgan fingerprint density at radius 1 is 1.00 bits per heavy atom. The molecule has 0 aliphatic heterocycles. The van der Waals surface area contributed by atoms with Gasteiger partial charge in [0.25, 0.3) is 0 Å². The molecule has 0 aliphatic carbocycles. The van der Waals surface area contributed by atoms with E-state index >= 15 is 0 Å². The average Bonchev–Trinajstić information content (AvgIpc) is 1.85. The van der Waals surface area contributed by atoms with Crippen LogP contribution in [0, 0.1) is 0 Å². The summed E-state index contributed by atoms with van der Waals surface area (Å²) in [6, 6.07) is 0. The van der Waals surface area contributed by atoms with Gasteiger partial charge in [-0.25, -0.2) is 0 Å². The van der Waals surface area contributed by atoms with Gasteiger partial charge in [-0.05, 0) is 6.42 Å². The Morgan fingerprint density at radius 3 is 1.64 bits per heavy atom. The van der Waals surface area contributed by atoms with Gasteiger partial charge in [-0.1, -0.05) is 23.5 Å². The number of thioether (sulfide) groups is 2. The summed E-state index contributed by atoms with van der Waals surface area (Å²) in [6.07, 6.45) is 0.925. The van der Waals surface area contributed by atoms with E-state index in [4.69, 9.17) is 0 Å². The van der Waals surface area contributed by atoms with Crippen LogP contribution in [0.3, 0.4) is 0 Å². The summed E-state index contributed by atoms with van der Waals surface area (Å²) in [5.41, 5.74) is 0. The molecule has 0 saturated carbocycles. The van der Waals surface area contributed by atoms with E-state index in [2.05, 4.69) is 0 Å². The van der Waals surface area contributed by atoms with E-state index in [1.54, 1.807) is 13.8 Å². The minimum Gasteiger partial charge on any atom is -0.288 e. The first-order chi connectivity index (χ1) is 5.13. The van der Waals surface area contributed by atoms with Crippen molar-refractivity contribution in [2.24, 2.45) is 0 Å². The Labute approximate surface area is 75.5 Å². The molecule has 0 heterocycles. The summed E-state index contributed by atoms with van der Waals surface area (Å²) in [7, 11) is 0. The highest BCUT2D eigenvalue weighted by Gasteiger charge is 1.96. The van der Waals surface area contributed by atoms with Crippen molar-refractivity contribution < 1.29 is 9.59 Å². The van der Waals surface area contributed by atoms with Gasteiger partial charge in [0.15, 0.2) is 10.2 Å². The van der Waals surface area contributed by atoms with Crippen LogP contribution in [-0.2, 0) is 9.59 Å². The number of carbonyl (C=O) groups excluding carboxylic acids is 2. The van der Waals surface area contributed by atoms with E-state index in [9.17, 15) is 9.59 Å². The smallest absolute Gasteiger partial charge is 0.185 e. The van der Waals surface area contributed by atoms with Gasteiger partial charge in [-0.15, -0.1) is 0 Å². The second-order valence-corrected chi connectivity index (χ2v) is 4.58. The molecule has 0 bridgehead atoms. The predicted octanol–water partition coefficient (Wildman–Crippen LogP) is 1.94. The van der Waals surface area contributed by atoms with Crippen molar-refractivity contribution in [2.45, 2.75) is 20.3 Å². The molecule has 0 unspecified atom stereocenters. The van der Waals surface area contributed by atoms with Crippen LogP contribution in [0.1, 0.15) is 20.3 Å². The summed E-state index contributed by atoms with van der Waals surface area (Å²) < 4.78 is 0. The Morgan fingerprint density at radius 2 is 1.36 bits per heavy atom. The van der Waals surface area contributed by atoms with Gasteiger partial charge in [-0.2, -0.15) is 0 Å². The third kappa shape index (κ3) is 10.0. The molecule has 0 amide bonds. The van der Waals surface area contributed by atoms with E-state index in [1.165, 1.54) is 23.5 Å². The summed E-state index contributed by atoms with van der Waals surface area (Å²) in [6.45, 7) is 3.12. The van der Waals surface area contributed by atoms with Crippen LogP contribution >= 0.6 is 23.5 Å². The normalized spacial score (nSPS) is 9.64. The van der Waals surface area contributed by atoms with Crippen molar-refractivity contribution in [3.63, 3.8) is 0 Å². The fraction of sp³-hybridized carbons (Fsp3) is 0.714. The molecule has 4 heteroatoms. The summed E-state index contributed by atoms with van der Waals surface area (Å²) >= 11 is 2.64. The zero-order valence-corrected chi connectivity index (χ0v) is 8.39. The lowest BCUT2D eigenvalue weighted by Crippen LogP contribution is -1.90. The molecule has 0 fully saturated rings. The standard InChI is InChI=1S/C7H12O2S2/c1-6(8)10-4-3-5-11-7(2)9/h3-5H2,1-2H3. The zero-order chi connectivity index (χ0) is 8.69. The van der Waals surface area contributed by atoms with Crippen molar-refractivity contribution in [1.82, 2.24) is 0 Å². The first-order valence-corrected chi connectivity index (χ1v) is 5.37. The molecular weight excluding hydrogens is 180 g/mol. The quantitative estimate of drug-likeness (QED) is 0.637. The third-order valence-electron chi connectivity index (χ3n) is 0.899. The van der Waals surface area contributed by atoms with Crippen LogP contribution in [0.25, 0.3) is 0 Å². The molecule has 0 aliphatic rings. The van der Waals surface area contributed by atoms with Crippen molar-refractivity contribution in [3.8, 4) is 0 Å². The molecule has 0 aromatic carbocycles. The van der Waals surface area contributed by atoms with Crippen molar-refractivity contribution >= 4 is 33.8 Å². The fourth-order valence-electron chi connectivity index (χ4n) is 0.491. The topological polar surface area (TPSA) is 34.1 Å². The zero-order valence-electron chi connectivity index (χ0n) is 6.75. The lowest BCUT2D eigenvalue weighted by molar-refractivity contribution is -0.109.